The van der Waals surface area contributed by atoms with E-state index >= 15 is 0 Å². The Labute approximate surface area is 102 Å². The first-order valence-electron chi connectivity index (χ1n) is 5.48. The number of rotatable bonds is 2. The first-order valence-corrected chi connectivity index (χ1v) is 5.48. The topological polar surface area (TPSA) is 97.2 Å². The largest absolute Gasteiger partial charge is 0.357 e. The summed E-state index contributed by atoms with van der Waals surface area (Å²) in [5.74, 6) is 2.65. The number of hydrogen-bond acceptors (Lipinski definition) is 6. The summed E-state index contributed by atoms with van der Waals surface area (Å²) in [5, 5.41) is 14.9. The van der Waals surface area contributed by atoms with Crippen molar-refractivity contribution < 1.29 is 0 Å². The summed E-state index contributed by atoms with van der Waals surface area (Å²) < 4.78 is 1.69. The Kier molecular flexibility index (Phi) is 2.22. The van der Waals surface area contributed by atoms with Crippen LogP contribution >= 0.6 is 0 Å². The average molecular weight is 244 g/mol. The van der Waals surface area contributed by atoms with Crippen LogP contribution in [-0.2, 0) is 0 Å². The Balaban J connectivity index is 2.33. The second-order valence-electron chi connectivity index (χ2n) is 3.87. The van der Waals surface area contributed by atoms with Crippen LogP contribution in [0.4, 0.5) is 5.95 Å². The molecule has 3 heterocycles. The maximum Gasteiger partial charge on any atom is 0.226 e. The minimum atomic E-state index is 0.509. The van der Waals surface area contributed by atoms with Gasteiger partial charge in [-0.1, -0.05) is 0 Å². The summed E-state index contributed by atoms with van der Waals surface area (Å²) in [6, 6.07) is 0. The van der Waals surface area contributed by atoms with Crippen molar-refractivity contribution in [1.29, 1.82) is 0 Å². The summed E-state index contributed by atoms with van der Waals surface area (Å²) in [6.07, 6.45) is 1.68. The molecule has 0 bridgehead atoms. The van der Waals surface area contributed by atoms with Gasteiger partial charge in [-0.2, -0.15) is 19.7 Å². The number of aromatic amines is 1. The highest BCUT2D eigenvalue weighted by Crippen LogP contribution is 2.19. The van der Waals surface area contributed by atoms with E-state index in [0.717, 1.165) is 11.2 Å². The Morgan fingerprint density at radius 3 is 2.72 bits per heavy atom. The second-order valence-corrected chi connectivity index (χ2v) is 3.87. The molecule has 0 spiro atoms. The third-order valence-electron chi connectivity index (χ3n) is 2.59. The molecule has 0 aliphatic rings. The number of nitrogens with one attached hydrogen (secondary N) is 2. The van der Waals surface area contributed by atoms with E-state index in [1.54, 1.807) is 17.9 Å². The van der Waals surface area contributed by atoms with Crippen LogP contribution in [0.15, 0.2) is 6.20 Å². The lowest BCUT2D eigenvalue weighted by molar-refractivity contribution is 0.809. The third kappa shape index (κ3) is 1.50. The summed E-state index contributed by atoms with van der Waals surface area (Å²) >= 11 is 0. The Bertz CT molecular complexity index is 710. The Morgan fingerprint density at radius 2 is 2.06 bits per heavy atom. The monoisotopic (exact) mass is 244 g/mol. The molecule has 0 amide bonds. The molecule has 8 heteroatoms. The van der Waals surface area contributed by atoms with Gasteiger partial charge in [0.25, 0.3) is 0 Å². The predicted molar refractivity (Wildman–Crippen MR) is 65.6 cm³/mol. The summed E-state index contributed by atoms with van der Waals surface area (Å²) in [7, 11) is 1.76. The average Bonchev–Trinajstić information content (AvgIpc) is 2.94. The number of hydrogen-bond donors (Lipinski definition) is 2. The van der Waals surface area contributed by atoms with Gasteiger partial charge in [-0.15, -0.1) is 5.10 Å². The molecule has 0 aliphatic carbocycles. The van der Waals surface area contributed by atoms with Crippen LogP contribution in [0.1, 0.15) is 11.6 Å². The first-order chi connectivity index (χ1) is 8.69. The molecule has 0 atom stereocenters. The van der Waals surface area contributed by atoms with Gasteiger partial charge >= 0.3 is 0 Å². The fraction of sp³-hybridized carbons (Fsp3) is 0.300. The maximum atomic E-state index is 4.41. The molecule has 0 saturated heterocycles. The quantitative estimate of drug-likeness (QED) is 0.684. The molecule has 0 fully saturated rings. The number of aryl methyl sites for hydroxylation is 2. The van der Waals surface area contributed by atoms with E-state index in [0.29, 0.717) is 23.2 Å². The Morgan fingerprint density at radius 1 is 1.22 bits per heavy atom. The van der Waals surface area contributed by atoms with Crippen molar-refractivity contribution in [2.75, 3.05) is 12.4 Å². The van der Waals surface area contributed by atoms with Crippen LogP contribution in [0, 0.1) is 13.8 Å². The summed E-state index contributed by atoms with van der Waals surface area (Å²) in [4.78, 5) is 13.0. The standard InChI is InChI=1S/C10H12N8/c1-5-13-6(2)18(17-5)9-7-4-12-16-8(7)14-10(11-3)15-9/h4H,1-3H3,(H2,11,12,14,15,16). The van der Waals surface area contributed by atoms with Gasteiger partial charge in [-0.25, -0.2) is 4.98 Å². The minimum Gasteiger partial charge on any atom is -0.357 e. The zero-order chi connectivity index (χ0) is 12.7. The molecule has 3 aromatic heterocycles. The van der Waals surface area contributed by atoms with E-state index in [4.69, 9.17) is 0 Å². The smallest absolute Gasteiger partial charge is 0.226 e. The van der Waals surface area contributed by atoms with E-state index in [9.17, 15) is 0 Å². The van der Waals surface area contributed by atoms with E-state index in [1.807, 2.05) is 13.8 Å². The van der Waals surface area contributed by atoms with Gasteiger partial charge in [0.05, 0.1) is 11.6 Å². The maximum absolute atomic E-state index is 4.41. The van der Waals surface area contributed by atoms with Gasteiger partial charge in [0.2, 0.25) is 5.95 Å². The lowest BCUT2D eigenvalue weighted by atomic mass is 10.4. The fourth-order valence-corrected chi connectivity index (χ4v) is 1.81. The molecule has 3 aromatic rings. The van der Waals surface area contributed by atoms with Gasteiger partial charge in [0.1, 0.15) is 11.6 Å². The minimum absolute atomic E-state index is 0.509. The number of anilines is 1. The van der Waals surface area contributed by atoms with Gasteiger partial charge in [0, 0.05) is 7.05 Å². The van der Waals surface area contributed by atoms with Crippen molar-refractivity contribution in [3.05, 3.63) is 17.8 Å². The predicted octanol–water partition coefficient (Wildman–Crippen LogP) is 0.592. The van der Waals surface area contributed by atoms with Crippen molar-refractivity contribution in [2.24, 2.45) is 0 Å². The number of aromatic nitrogens is 7. The third-order valence-corrected chi connectivity index (χ3v) is 2.59. The molecule has 0 aliphatic heterocycles. The van der Waals surface area contributed by atoms with Gasteiger partial charge in [-0.05, 0) is 13.8 Å². The highest BCUT2D eigenvalue weighted by Gasteiger charge is 2.14. The molecule has 92 valence electrons. The lowest BCUT2D eigenvalue weighted by Crippen LogP contribution is -2.06. The van der Waals surface area contributed by atoms with Gasteiger partial charge in [-0.3, -0.25) is 5.10 Å². The fourth-order valence-electron chi connectivity index (χ4n) is 1.81. The van der Waals surface area contributed by atoms with Crippen molar-refractivity contribution in [3.63, 3.8) is 0 Å². The lowest BCUT2D eigenvalue weighted by Gasteiger charge is -2.05. The second kappa shape index (κ2) is 3.76. The SMILES string of the molecule is CNc1nc(-n2nc(C)nc2C)c2cn[nH]c2n1. The summed E-state index contributed by atoms with van der Waals surface area (Å²) in [6.45, 7) is 3.73. The van der Waals surface area contributed by atoms with Crippen LogP contribution in [0.5, 0.6) is 0 Å². The Hall–Kier alpha value is -2.51. The van der Waals surface area contributed by atoms with Crippen molar-refractivity contribution >= 4 is 17.0 Å². The molecule has 3 rings (SSSR count). The molecule has 0 aromatic carbocycles. The van der Waals surface area contributed by atoms with Crippen LogP contribution in [-0.4, -0.2) is 42.0 Å². The van der Waals surface area contributed by atoms with E-state index in [1.165, 1.54) is 0 Å². The highest BCUT2D eigenvalue weighted by molar-refractivity contribution is 5.82. The van der Waals surface area contributed by atoms with Crippen LogP contribution in [0.25, 0.3) is 16.9 Å². The molecule has 0 unspecified atom stereocenters. The molecule has 18 heavy (non-hydrogen) atoms. The zero-order valence-corrected chi connectivity index (χ0v) is 10.3. The first kappa shape index (κ1) is 10.6. The van der Waals surface area contributed by atoms with Crippen molar-refractivity contribution in [2.45, 2.75) is 13.8 Å². The van der Waals surface area contributed by atoms with Crippen molar-refractivity contribution in [3.8, 4) is 5.82 Å². The van der Waals surface area contributed by atoms with Gasteiger partial charge < -0.3 is 5.32 Å². The van der Waals surface area contributed by atoms with Crippen LogP contribution in [0.2, 0.25) is 0 Å². The van der Waals surface area contributed by atoms with Crippen LogP contribution < -0.4 is 5.32 Å². The number of nitrogens with zero attached hydrogens (tertiary/aromatic N) is 6. The highest BCUT2D eigenvalue weighted by atomic mass is 15.4. The zero-order valence-electron chi connectivity index (χ0n) is 10.3. The number of fused-ring (bicyclic) bond motifs is 1. The van der Waals surface area contributed by atoms with E-state index < -0.39 is 0 Å². The molecule has 0 radical (unpaired) electrons. The van der Waals surface area contributed by atoms with Crippen LogP contribution in [0.3, 0.4) is 0 Å². The molecule has 8 nitrogen and oxygen atoms in total. The molecule has 0 saturated carbocycles. The molecule has 2 N–H and O–H groups in total. The number of H-pyrrole nitrogens is 1. The molecular formula is C10H12N8. The van der Waals surface area contributed by atoms with E-state index in [2.05, 4.69) is 35.6 Å². The normalized spacial score (nSPS) is 11.1. The molecular weight excluding hydrogens is 232 g/mol. The van der Waals surface area contributed by atoms with Gasteiger partial charge in [0.15, 0.2) is 11.5 Å². The summed E-state index contributed by atoms with van der Waals surface area (Å²) in [5.41, 5.74) is 0.664. The van der Waals surface area contributed by atoms with E-state index in [-0.39, 0.29) is 0 Å². The van der Waals surface area contributed by atoms with Crippen molar-refractivity contribution in [1.82, 2.24) is 34.9 Å².